The van der Waals surface area contributed by atoms with Crippen LogP contribution in [0, 0.1) is 11.3 Å². The topological polar surface area (TPSA) is 29.3 Å². The van der Waals surface area contributed by atoms with E-state index in [1.165, 1.54) is 11.3 Å². The van der Waals surface area contributed by atoms with Crippen molar-refractivity contribution in [2.75, 3.05) is 25.5 Å². The van der Waals surface area contributed by atoms with Crippen LogP contribution in [0.15, 0.2) is 24.3 Å². The second-order valence-electron chi connectivity index (χ2n) is 5.59. The quantitative estimate of drug-likeness (QED) is 0.844. The zero-order valence-electron chi connectivity index (χ0n) is 10.7. The van der Waals surface area contributed by atoms with E-state index < -0.39 is 0 Å². The van der Waals surface area contributed by atoms with E-state index in [1.54, 1.807) is 0 Å². The number of hydrogen-bond donors (Lipinski definition) is 1. The predicted molar refractivity (Wildman–Crippen MR) is 69.8 cm³/mol. The molecule has 88 valence electrons. The van der Waals surface area contributed by atoms with Crippen molar-refractivity contribution in [2.45, 2.75) is 19.8 Å². The lowest BCUT2D eigenvalue weighted by Crippen LogP contribution is -2.11. The Kier molecular flexibility index (Phi) is 2.70. The van der Waals surface area contributed by atoms with Gasteiger partial charge in [-0.3, -0.25) is 0 Å². The predicted octanol–water partition coefficient (Wildman–Crippen LogP) is 2.45. The summed E-state index contributed by atoms with van der Waals surface area (Å²) in [5.74, 6) is 1.25. The summed E-state index contributed by atoms with van der Waals surface area (Å²) < 4.78 is 0. The molecule has 2 rings (SSSR count). The van der Waals surface area contributed by atoms with E-state index >= 15 is 0 Å². The van der Waals surface area contributed by atoms with Gasteiger partial charge in [-0.15, -0.1) is 0 Å². The van der Waals surface area contributed by atoms with Gasteiger partial charge in [-0.05, 0) is 35.4 Å². The summed E-state index contributed by atoms with van der Waals surface area (Å²) in [6, 6.07) is 8.67. The molecule has 0 heterocycles. The van der Waals surface area contributed by atoms with Gasteiger partial charge in [-0.25, -0.2) is 0 Å². The van der Waals surface area contributed by atoms with Gasteiger partial charge < -0.3 is 10.6 Å². The molecular weight excluding hydrogens is 196 g/mol. The third kappa shape index (κ3) is 1.61. The Bertz CT molecular complexity index is 382. The monoisotopic (exact) mass is 218 g/mol. The van der Waals surface area contributed by atoms with Gasteiger partial charge in [0.25, 0.3) is 0 Å². The lowest BCUT2D eigenvalue weighted by atomic mass is 10.0. The Hall–Kier alpha value is -1.02. The maximum Gasteiger partial charge on any atom is 0.0396 e. The first-order chi connectivity index (χ1) is 7.50. The molecule has 1 aliphatic carbocycles. The number of anilines is 1. The number of nitrogens with zero attached hydrogens (tertiary/aromatic N) is 1. The first-order valence-corrected chi connectivity index (χ1v) is 5.96. The Morgan fingerprint density at radius 1 is 1.25 bits per heavy atom. The van der Waals surface area contributed by atoms with Gasteiger partial charge in [0.2, 0.25) is 0 Å². The maximum atomic E-state index is 5.85. The molecule has 1 saturated carbocycles. The van der Waals surface area contributed by atoms with E-state index in [4.69, 9.17) is 5.73 Å². The van der Waals surface area contributed by atoms with Crippen LogP contribution in [0.2, 0.25) is 0 Å². The fourth-order valence-corrected chi connectivity index (χ4v) is 2.96. The van der Waals surface area contributed by atoms with E-state index in [0.717, 1.165) is 6.54 Å². The van der Waals surface area contributed by atoms with Crippen molar-refractivity contribution in [3.8, 4) is 0 Å². The van der Waals surface area contributed by atoms with Gasteiger partial charge in [0.05, 0.1) is 0 Å². The molecule has 1 aromatic rings. The molecule has 2 heteroatoms. The van der Waals surface area contributed by atoms with Crippen LogP contribution in [0.4, 0.5) is 5.69 Å². The fourth-order valence-electron chi connectivity index (χ4n) is 2.96. The third-order valence-electron chi connectivity index (χ3n) is 4.06. The number of benzene rings is 1. The molecule has 0 bridgehead atoms. The number of hydrogen-bond acceptors (Lipinski definition) is 2. The minimum absolute atomic E-state index is 0.362. The summed E-state index contributed by atoms with van der Waals surface area (Å²) in [6.45, 7) is 5.43. The molecule has 1 fully saturated rings. The van der Waals surface area contributed by atoms with Crippen LogP contribution < -0.4 is 10.6 Å². The Morgan fingerprint density at radius 3 is 2.38 bits per heavy atom. The highest BCUT2D eigenvalue weighted by Crippen LogP contribution is 2.65. The number of nitrogens with two attached hydrogens (primary N) is 1. The summed E-state index contributed by atoms with van der Waals surface area (Å²) in [7, 11) is 4.21. The second kappa shape index (κ2) is 3.77. The van der Waals surface area contributed by atoms with Crippen LogP contribution in [0.3, 0.4) is 0 Å². The summed E-state index contributed by atoms with van der Waals surface area (Å²) >= 11 is 0. The molecule has 0 aliphatic heterocycles. The van der Waals surface area contributed by atoms with Crippen molar-refractivity contribution in [3.05, 3.63) is 29.8 Å². The van der Waals surface area contributed by atoms with Gasteiger partial charge in [-0.2, -0.15) is 0 Å². The van der Waals surface area contributed by atoms with Gasteiger partial charge >= 0.3 is 0 Å². The van der Waals surface area contributed by atoms with Crippen LogP contribution in [0.1, 0.15) is 25.3 Å². The second-order valence-corrected chi connectivity index (χ2v) is 5.59. The smallest absolute Gasteiger partial charge is 0.0396 e. The number of rotatable bonds is 3. The summed E-state index contributed by atoms with van der Waals surface area (Å²) in [6.07, 6.45) is 0. The van der Waals surface area contributed by atoms with Crippen molar-refractivity contribution in [1.82, 2.24) is 0 Å². The fraction of sp³-hybridized carbons (Fsp3) is 0.571. The molecule has 0 unspecified atom stereocenters. The molecule has 0 aromatic heterocycles. The highest BCUT2D eigenvalue weighted by atomic mass is 15.1. The average molecular weight is 218 g/mol. The van der Waals surface area contributed by atoms with Crippen molar-refractivity contribution in [1.29, 1.82) is 0 Å². The lowest BCUT2D eigenvalue weighted by molar-refractivity contribution is 0.558. The first kappa shape index (κ1) is 11.5. The summed E-state index contributed by atoms with van der Waals surface area (Å²) in [4.78, 5) is 2.19. The Labute approximate surface area is 98.4 Å². The average Bonchev–Trinajstić information content (AvgIpc) is 2.80. The minimum Gasteiger partial charge on any atom is -0.377 e. The Morgan fingerprint density at radius 2 is 1.88 bits per heavy atom. The molecule has 1 aromatic carbocycles. The molecule has 16 heavy (non-hydrogen) atoms. The zero-order chi connectivity index (χ0) is 11.9. The number of para-hydroxylation sites is 1. The first-order valence-electron chi connectivity index (χ1n) is 5.96. The molecule has 0 spiro atoms. The van der Waals surface area contributed by atoms with E-state index in [9.17, 15) is 0 Å². The van der Waals surface area contributed by atoms with Gasteiger partial charge in [0.1, 0.15) is 0 Å². The molecule has 0 radical (unpaired) electrons. The van der Waals surface area contributed by atoms with E-state index in [1.807, 2.05) is 0 Å². The van der Waals surface area contributed by atoms with Crippen LogP contribution in [-0.4, -0.2) is 20.6 Å². The van der Waals surface area contributed by atoms with Crippen molar-refractivity contribution in [3.63, 3.8) is 0 Å². The molecule has 0 amide bonds. The van der Waals surface area contributed by atoms with Crippen molar-refractivity contribution >= 4 is 5.69 Å². The molecule has 0 saturated heterocycles. The maximum absolute atomic E-state index is 5.85. The normalized spacial score (nSPS) is 26.6. The van der Waals surface area contributed by atoms with Crippen LogP contribution >= 0.6 is 0 Å². The zero-order valence-corrected chi connectivity index (χ0v) is 10.7. The minimum atomic E-state index is 0.362. The highest BCUT2D eigenvalue weighted by Gasteiger charge is 2.57. The summed E-state index contributed by atoms with van der Waals surface area (Å²) in [5.41, 5.74) is 8.99. The largest absolute Gasteiger partial charge is 0.377 e. The van der Waals surface area contributed by atoms with Crippen LogP contribution in [0.25, 0.3) is 0 Å². The van der Waals surface area contributed by atoms with Crippen molar-refractivity contribution in [2.24, 2.45) is 17.1 Å². The molecule has 2 atom stereocenters. The van der Waals surface area contributed by atoms with Gasteiger partial charge in [-0.1, -0.05) is 32.0 Å². The van der Waals surface area contributed by atoms with E-state index in [-0.39, 0.29) is 0 Å². The SMILES string of the molecule is CN(C)c1ccccc1[C@H]1[C@H](CN)C1(C)C. The highest BCUT2D eigenvalue weighted by molar-refractivity contribution is 5.57. The van der Waals surface area contributed by atoms with E-state index in [2.05, 4.69) is 57.1 Å². The van der Waals surface area contributed by atoms with Crippen molar-refractivity contribution < 1.29 is 0 Å². The van der Waals surface area contributed by atoms with Crippen LogP contribution in [-0.2, 0) is 0 Å². The van der Waals surface area contributed by atoms with E-state index in [0.29, 0.717) is 17.3 Å². The molecule has 2 N–H and O–H groups in total. The van der Waals surface area contributed by atoms with Gasteiger partial charge in [0.15, 0.2) is 0 Å². The molecule has 2 nitrogen and oxygen atoms in total. The lowest BCUT2D eigenvalue weighted by Gasteiger charge is -2.18. The van der Waals surface area contributed by atoms with Crippen LogP contribution in [0.5, 0.6) is 0 Å². The van der Waals surface area contributed by atoms with Gasteiger partial charge in [0, 0.05) is 19.8 Å². The third-order valence-corrected chi connectivity index (χ3v) is 4.06. The molecular formula is C14H22N2. The summed E-state index contributed by atoms with van der Waals surface area (Å²) in [5, 5.41) is 0. The Balaban J connectivity index is 2.36. The molecule has 1 aliphatic rings. The standard InChI is InChI=1S/C14H22N2/c1-14(2)11(9-15)13(14)10-7-5-6-8-12(10)16(3)4/h5-8,11,13H,9,15H2,1-4H3/t11-,13-/m0/s1.